The first-order valence-electron chi connectivity index (χ1n) is 23.2. The topological polar surface area (TPSA) is 22.2 Å². The van der Waals surface area contributed by atoms with E-state index in [-0.39, 0.29) is 6.04 Å². The summed E-state index contributed by atoms with van der Waals surface area (Å²) in [5, 5.41) is 7.52. The molecule has 0 saturated heterocycles. The molecule has 0 fully saturated rings. The van der Waals surface area contributed by atoms with E-state index in [2.05, 4.69) is 241 Å². The highest BCUT2D eigenvalue weighted by molar-refractivity contribution is 6.41. The minimum Gasteiger partial charge on any atom is -0.333 e. The number of hydrogen-bond acceptors (Lipinski definition) is 1. The Balaban J connectivity index is 0.959. The van der Waals surface area contributed by atoms with Crippen LogP contribution >= 0.6 is 0 Å². The number of rotatable bonds is 8. The van der Waals surface area contributed by atoms with Crippen LogP contribution in [0.5, 0.6) is 0 Å². The van der Waals surface area contributed by atoms with E-state index in [1.54, 1.807) is 6.20 Å². The van der Waals surface area contributed by atoms with Crippen molar-refractivity contribution in [3.63, 3.8) is 0 Å². The molecule has 0 radical (unpaired) electrons. The van der Waals surface area contributed by atoms with Crippen molar-refractivity contribution >= 4 is 71.2 Å². The molecule has 1 atom stereocenters. The molecule has 0 spiro atoms. The fraction of sp³-hybridized carbons (Fsp3) is 0.0469. The van der Waals surface area contributed by atoms with E-state index >= 15 is 0 Å². The standard InChI is InChI=1S/C64H45N3/c1-3-65-64(62-41(2)52-23-13-19-44-20-14-24-53(62)63(44)52)45-25-31-51(32-26-45)67-60-34-28-47(43-17-9-5-10-18-43)38-55(60)57-40-49(30-36-61(57)67)48-29-35-59-56(39-48)54-37-46(42-15-7-4-8-16-42)27-33-58(54)66(59)50-21-11-6-12-22-50/h3-21,23-40,50H,1,22H2,2H3. The lowest BCUT2D eigenvalue weighted by Crippen LogP contribution is -2.06. The number of nitrogens with zero attached hydrogens (tertiary/aromatic N) is 3. The zero-order valence-corrected chi connectivity index (χ0v) is 37.2. The molecule has 0 aliphatic heterocycles. The Hall–Kier alpha value is -8.53. The summed E-state index contributed by atoms with van der Waals surface area (Å²) in [5.41, 5.74) is 20.1. The van der Waals surface area contributed by atoms with Crippen molar-refractivity contribution in [3.8, 4) is 39.1 Å². The SMILES string of the molecule is C=CN=C(C1=C(C)c2cccc3cccc1c23)c1ccc(-n2c3ccc(-c4ccccc4)cc3c3cc(-c4ccc5c(c4)c4cc(-c6ccccc6)ccc4n5C4C=CC=CC4)ccc32)cc1. The third kappa shape index (κ3) is 6.23. The second kappa shape index (κ2) is 15.6. The van der Waals surface area contributed by atoms with Gasteiger partial charge in [-0.25, -0.2) is 0 Å². The van der Waals surface area contributed by atoms with Gasteiger partial charge < -0.3 is 9.13 Å². The van der Waals surface area contributed by atoms with Gasteiger partial charge in [0.05, 0.1) is 22.8 Å². The summed E-state index contributed by atoms with van der Waals surface area (Å²) in [6.45, 7) is 6.27. The Morgan fingerprint density at radius 2 is 1.04 bits per heavy atom. The smallest absolute Gasteiger partial charge is 0.0783 e. The van der Waals surface area contributed by atoms with Gasteiger partial charge in [-0.1, -0.05) is 164 Å². The summed E-state index contributed by atoms with van der Waals surface area (Å²) in [5.74, 6) is 0. The van der Waals surface area contributed by atoms with Gasteiger partial charge in [0.1, 0.15) is 0 Å². The summed E-state index contributed by atoms with van der Waals surface area (Å²) in [7, 11) is 0. The highest BCUT2D eigenvalue weighted by atomic mass is 15.0. The van der Waals surface area contributed by atoms with E-state index in [0.717, 1.165) is 34.4 Å². The average Bonchev–Trinajstić information content (AvgIpc) is 4.01. The monoisotopic (exact) mass is 855 g/mol. The summed E-state index contributed by atoms with van der Waals surface area (Å²) in [4.78, 5) is 4.95. The molecular formula is C64H45N3. The number of benzene rings is 9. The van der Waals surface area contributed by atoms with E-state index in [9.17, 15) is 0 Å². The summed E-state index contributed by atoms with van der Waals surface area (Å²) in [6.07, 6.45) is 11.6. The van der Waals surface area contributed by atoms with E-state index in [1.807, 2.05) is 0 Å². The lowest BCUT2D eigenvalue weighted by molar-refractivity contribution is 0.648. The largest absolute Gasteiger partial charge is 0.333 e. The lowest BCUT2D eigenvalue weighted by Gasteiger charge is -2.18. The molecule has 0 saturated carbocycles. The van der Waals surface area contributed by atoms with E-state index in [1.165, 1.54) is 99.0 Å². The van der Waals surface area contributed by atoms with Gasteiger partial charge >= 0.3 is 0 Å². The number of hydrogen-bond donors (Lipinski definition) is 0. The molecule has 2 aromatic heterocycles. The molecule has 11 aromatic rings. The van der Waals surface area contributed by atoms with Gasteiger partial charge in [-0.15, -0.1) is 0 Å². The quantitative estimate of drug-likeness (QED) is 0.136. The first kappa shape index (κ1) is 38.9. The van der Waals surface area contributed by atoms with Gasteiger partial charge in [-0.3, -0.25) is 4.99 Å². The third-order valence-corrected chi connectivity index (χ3v) is 14.2. The van der Waals surface area contributed by atoms with Crippen LogP contribution in [0.15, 0.2) is 236 Å². The first-order valence-corrected chi connectivity index (χ1v) is 23.2. The Kier molecular flexibility index (Phi) is 9.04. The summed E-state index contributed by atoms with van der Waals surface area (Å²) in [6, 6.07) is 71.8. The van der Waals surface area contributed by atoms with Crippen molar-refractivity contribution in [3.05, 3.63) is 248 Å². The van der Waals surface area contributed by atoms with Crippen LogP contribution in [0.3, 0.4) is 0 Å². The van der Waals surface area contributed by atoms with Crippen molar-refractivity contribution in [2.45, 2.75) is 19.4 Å². The molecule has 2 aliphatic carbocycles. The molecule has 3 nitrogen and oxygen atoms in total. The molecule has 67 heavy (non-hydrogen) atoms. The normalized spacial score (nSPS) is 14.7. The molecule has 316 valence electrons. The number of fused-ring (bicyclic) bond motifs is 6. The Labute approximate surface area is 389 Å². The molecule has 2 heterocycles. The predicted octanol–water partition coefficient (Wildman–Crippen LogP) is 17.0. The van der Waals surface area contributed by atoms with Crippen LogP contribution in [0.4, 0.5) is 0 Å². The van der Waals surface area contributed by atoms with Crippen molar-refractivity contribution in [2.75, 3.05) is 0 Å². The van der Waals surface area contributed by atoms with Crippen LogP contribution in [0, 0.1) is 0 Å². The summed E-state index contributed by atoms with van der Waals surface area (Å²) < 4.78 is 4.95. The lowest BCUT2D eigenvalue weighted by atomic mass is 9.94. The zero-order valence-electron chi connectivity index (χ0n) is 37.2. The van der Waals surface area contributed by atoms with Crippen molar-refractivity contribution < 1.29 is 0 Å². The summed E-state index contributed by atoms with van der Waals surface area (Å²) >= 11 is 0. The molecule has 1 unspecified atom stereocenters. The highest BCUT2D eigenvalue weighted by Crippen LogP contribution is 2.45. The van der Waals surface area contributed by atoms with Gasteiger partial charge in [-0.05, 0) is 135 Å². The third-order valence-electron chi connectivity index (χ3n) is 14.2. The fourth-order valence-corrected chi connectivity index (χ4v) is 11.1. The van der Waals surface area contributed by atoms with Gasteiger partial charge in [0.2, 0.25) is 0 Å². The van der Waals surface area contributed by atoms with Crippen LogP contribution in [0.1, 0.15) is 36.1 Å². The number of allylic oxidation sites excluding steroid dienone is 6. The van der Waals surface area contributed by atoms with Gasteiger partial charge in [0, 0.05) is 55.6 Å². The van der Waals surface area contributed by atoms with Gasteiger partial charge in [0.25, 0.3) is 0 Å². The second-order valence-electron chi connectivity index (χ2n) is 17.9. The fourth-order valence-electron chi connectivity index (χ4n) is 11.1. The van der Waals surface area contributed by atoms with Gasteiger partial charge in [-0.2, -0.15) is 0 Å². The Bertz CT molecular complexity index is 3940. The first-order chi connectivity index (χ1) is 33.1. The minimum absolute atomic E-state index is 0.255. The van der Waals surface area contributed by atoms with E-state index in [4.69, 9.17) is 4.99 Å². The molecular weight excluding hydrogens is 811 g/mol. The molecule has 3 heteroatoms. The maximum atomic E-state index is 4.95. The Morgan fingerprint density at radius 1 is 0.522 bits per heavy atom. The van der Waals surface area contributed by atoms with Crippen LogP contribution in [-0.2, 0) is 0 Å². The van der Waals surface area contributed by atoms with Crippen LogP contribution in [-0.4, -0.2) is 14.8 Å². The average molecular weight is 856 g/mol. The van der Waals surface area contributed by atoms with Crippen molar-refractivity contribution in [1.29, 1.82) is 0 Å². The minimum atomic E-state index is 0.255. The molecule has 2 aliphatic rings. The van der Waals surface area contributed by atoms with E-state index < -0.39 is 0 Å². The maximum absolute atomic E-state index is 4.95. The van der Waals surface area contributed by atoms with Crippen molar-refractivity contribution in [2.24, 2.45) is 4.99 Å². The van der Waals surface area contributed by atoms with Gasteiger partial charge in [0.15, 0.2) is 0 Å². The molecule has 9 aromatic carbocycles. The van der Waals surface area contributed by atoms with E-state index in [0.29, 0.717) is 0 Å². The number of aliphatic imine (C=N–C) groups is 1. The maximum Gasteiger partial charge on any atom is 0.0783 e. The molecule has 13 rings (SSSR count). The van der Waals surface area contributed by atoms with Crippen LogP contribution < -0.4 is 0 Å². The molecule has 0 bridgehead atoms. The van der Waals surface area contributed by atoms with Crippen LogP contribution in [0.2, 0.25) is 0 Å². The van der Waals surface area contributed by atoms with Crippen LogP contribution in [0.25, 0.3) is 105 Å². The molecule has 0 N–H and O–H groups in total. The highest BCUT2D eigenvalue weighted by Gasteiger charge is 2.26. The predicted molar refractivity (Wildman–Crippen MR) is 285 cm³/mol. The molecule has 0 amide bonds. The Morgan fingerprint density at radius 3 is 1.58 bits per heavy atom. The second-order valence-corrected chi connectivity index (χ2v) is 17.9. The zero-order chi connectivity index (χ0) is 44.6. The number of aromatic nitrogens is 2. The van der Waals surface area contributed by atoms with Crippen molar-refractivity contribution in [1.82, 2.24) is 9.13 Å².